The molecule has 118 valence electrons. The molecule has 0 atom stereocenters. The average Bonchev–Trinajstić information content (AvgIpc) is 2.95. The van der Waals surface area contributed by atoms with Crippen molar-refractivity contribution in [2.24, 2.45) is 0 Å². The van der Waals surface area contributed by atoms with Gasteiger partial charge in [0.15, 0.2) is 5.78 Å². The van der Waals surface area contributed by atoms with E-state index in [9.17, 15) is 14.3 Å². The molecule has 0 spiro atoms. The molecule has 2 aromatic rings. The van der Waals surface area contributed by atoms with Gasteiger partial charge in [-0.05, 0) is 47.4 Å². The maximum atomic E-state index is 14.6. The van der Waals surface area contributed by atoms with Crippen LogP contribution in [-0.2, 0) is 11.8 Å². The number of nitrogens with zero attached hydrogens (tertiary/aromatic N) is 1. The van der Waals surface area contributed by atoms with Gasteiger partial charge >= 0.3 is 0 Å². The average molecular weight is 319 g/mol. The molecule has 0 amide bonds. The normalized spacial score (nSPS) is 17.2. The van der Waals surface area contributed by atoms with Crippen molar-refractivity contribution in [2.45, 2.75) is 25.7 Å². The quantitative estimate of drug-likeness (QED) is 0.801. The number of hydrogen-bond acceptors (Lipinski definition) is 3. The van der Waals surface area contributed by atoms with Gasteiger partial charge in [0.1, 0.15) is 17.6 Å². The number of Topliss-reactive ketones (excluding diaryl/α,β-unsaturated/α-hetero) is 1. The highest BCUT2D eigenvalue weighted by Crippen LogP contribution is 2.50. The minimum Gasteiger partial charge on any atom is -0.508 e. The number of allylic oxidation sites excluding steroid dienone is 2. The van der Waals surface area contributed by atoms with Crippen molar-refractivity contribution in [3.8, 4) is 11.8 Å². The molecule has 2 aliphatic carbocycles. The van der Waals surface area contributed by atoms with Gasteiger partial charge in [0, 0.05) is 22.1 Å². The summed E-state index contributed by atoms with van der Waals surface area (Å²) in [5.74, 6) is -0.589. The van der Waals surface area contributed by atoms with Crippen molar-refractivity contribution >= 4 is 11.4 Å². The highest BCUT2D eigenvalue weighted by Gasteiger charge is 2.43. The first-order valence-corrected chi connectivity index (χ1v) is 7.70. The fraction of sp³-hybridized carbons (Fsp3) is 0.200. The van der Waals surface area contributed by atoms with Crippen LogP contribution in [0.4, 0.5) is 4.39 Å². The molecule has 0 saturated heterocycles. The molecule has 4 heteroatoms. The first kappa shape index (κ1) is 14.6. The Balaban J connectivity index is 2.00. The number of nitriles is 1. The predicted octanol–water partition coefficient (Wildman–Crippen LogP) is 3.89. The fourth-order valence-corrected chi connectivity index (χ4v) is 3.88. The summed E-state index contributed by atoms with van der Waals surface area (Å²) >= 11 is 0. The molecule has 0 radical (unpaired) electrons. The summed E-state index contributed by atoms with van der Waals surface area (Å²) in [6.45, 7) is 3.95. The highest BCUT2D eigenvalue weighted by molar-refractivity contribution is 6.33. The number of hydrogen-bond donors (Lipinski definition) is 1. The smallest absolute Gasteiger partial charge is 0.193 e. The van der Waals surface area contributed by atoms with E-state index in [0.717, 1.165) is 11.1 Å². The number of halogens is 1. The summed E-state index contributed by atoms with van der Waals surface area (Å²) in [6, 6.07) is 9.67. The Hall–Kier alpha value is -2.93. The Labute approximate surface area is 138 Å². The Morgan fingerprint density at radius 2 is 1.92 bits per heavy atom. The van der Waals surface area contributed by atoms with Crippen LogP contribution in [0.5, 0.6) is 5.75 Å². The summed E-state index contributed by atoms with van der Waals surface area (Å²) in [4.78, 5) is 13.0. The van der Waals surface area contributed by atoms with Gasteiger partial charge in [0.2, 0.25) is 0 Å². The van der Waals surface area contributed by atoms with Crippen LogP contribution in [0.2, 0.25) is 0 Å². The van der Waals surface area contributed by atoms with Crippen LogP contribution in [0, 0.1) is 17.1 Å². The van der Waals surface area contributed by atoms with Crippen molar-refractivity contribution in [3.63, 3.8) is 0 Å². The maximum Gasteiger partial charge on any atom is 0.193 e. The van der Waals surface area contributed by atoms with Crippen molar-refractivity contribution in [2.75, 3.05) is 0 Å². The van der Waals surface area contributed by atoms with Crippen LogP contribution in [0.1, 0.15) is 46.5 Å². The predicted molar refractivity (Wildman–Crippen MR) is 87.2 cm³/mol. The van der Waals surface area contributed by atoms with E-state index in [0.29, 0.717) is 28.7 Å². The molecule has 0 saturated carbocycles. The second kappa shape index (κ2) is 4.55. The summed E-state index contributed by atoms with van der Waals surface area (Å²) in [7, 11) is 0. The van der Waals surface area contributed by atoms with E-state index in [1.54, 1.807) is 18.2 Å². The highest BCUT2D eigenvalue weighted by atomic mass is 19.1. The van der Waals surface area contributed by atoms with E-state index < -0.39 is 11.2 Å². The maximum absolute atomic E-state index is 14.6. The number of carbonyl (C=O) groups excluding carboxylic acids is 1. The van der Waals surface area contributed by atoms with Gasteiger partial charge in [-0.25, -0.2) is 4.39 Å². The molecule has 4 rings (SSSR count). The largest absolute Gasteiger partial charge is 0.508 e. The van der Waals surface area contributed by atoms with Crippen LogP contribution >= 0.6 is 0 Å². The van der Waals surface area contributed by atoms with E-state index in [1.165, 1.54) is 12.1 Å². The SMILES string of the molecule is CC1(C)C2=C(C(=O)c3ccc(O)cc31)c1ccc(C#N)c(F)c1C2. The van der Waals surface area contributed by atoms with E-state index in [4.69, 9.17) is 5.26 Å². The second-order valence-electron chi connectivity index (χ2n) is 6.78. The molecule has 3 nitrogen and oxygen atoms in total. The number of fused-ring (bicyclic) bond motifs is 3. The van der Waals surface area contributed by atoms with Crippen molar-refractivity contribution < 1.29 is 14.3 Å². The summed E-state index contributed by atoms with van der Waals surface area (Å²) in [6.07, 6.45) is 0.305. The van der Waals surface area contributed by atoms with Gasteiger partial charge in [0.05, 0.1) is 5.56 Å². The summed E-state index contributed by atoms with van der Waals surface area (Å²) in [5.41, 5.74) is 3.15. The van der Waals surface area contributed by atoms with Gasteiger partial charge in [-0.15, -0.1) is 0 Å². The number of carbonyl (C=O) groups is 1. The van der Waals surface area contributed by atoms with Gasteiger partial charge in [-0.3, -0.25) is 4.79 Å². The van der Waals surface area contributed by atoms with E-state index in [1.807, 2.05) is 19.9 Å². The molecule has 0 fully saturated rings. The molecule has 0 aliphatic heterocycles. The van der Waals surface area contributed by atoms with Crippen molar-refractivity contribution in [3.05, 3.63) is 69.5 Å². The molecule has 0 bridgehead atoms. The minimum absolute atomic E-state index is 0.00555. The number of phenolic OH excluding ortho intramolecular Hbond substituents is 1. The summed E-state index contributed by atoms with van der Waals surface area (Å²) in [5, 5.41) is 18.8. The van der Waals surface area contributed by atoms with E-state index in [-0.39, 0.29) is 17.1 Å². The number of aromatic hydroxyl groups is 1. The molecule has 1 N–H and O–H groups in total. The zero-order chi connectivity index (χ0) is 17.2. The van der Waals surface area contributed by atoms with Gasteiger partial charge in [-0.1, -0.05) is 19.9 Å². The van der Waals surface area contributed by atoms with Gasteiger partial charge in [-0.2, -0.15) is 5.26 Å². The zero-order valence-corrected chi connectivity index (χ0v) is 13.3. The van der Waals surface area contributed by atoms with E-state index in [2.05, 4.69) is 0 Å². The molecular weight excluding hydrogens is 305 g/mol. The standard InChI is InChI=1S/C20H14FNO2/c1-20(2)15-7-11(23)4-6-13(15)19(24)17-12-5-3-10(9-22)18(21)14(12)8-16(17)20/h3-7,23H,8H2,1-2H3. The Bertz CT molecular complexity index is 1010. The molecule has 0 aromatic heterocycles. The van der Waals surface area contributed by atoms with Crippen LogP contribution in [0.3, 0.4) is 0 Å². The fourth-order valence-electron chi connectivity index (χ4n) is 3.88. The van der Waals surface area contributed by atoms with Gasteiger partial charge < -0.3 is 5.11 Å². The lowest BCUT2D eigenvalue weighted by Crippen LogP contribution is -2.29. The van der Waals surface area contributed by atoms with Crippen LogP contribution in [-0.4, -0.2) is 10.9 Å². The van der Waals surface area contributed by atoms with Crippen LogP contribution in [0.15, 0.2) is 35.9 Å². The minimum atomic E-state index is -0.542. The Morgan fingerprint density at radius 1 is 1.21 bits per heavy atom. The first-order valence-electron chi connectivity index (χ1n) is 7.70. The second-order valence-corrected chi connectivity index (χ2v) is 6.78. The Morgan fingerprint density at radius 3 is 2.62 bits per heavy atom. The third-order valence-electron chi connectivity index (χ3n) is 5.19. The zero-order valence-electron chi connectivity index (χ0n) is 13.3. The number of benzene rings is 2. The van der Waals surface area contributed by atoms with Crippen molar-refractivity contribution in [1.82, 2.24) is 0 Å². The summed E-state index contributed by atoms with van der Waals surface area (Å²) < 4.78 is 14.6. The molecule has 2 aliphatic rings. The van der Waals surface area contributed by atoms with E-state index >= 15 is 0 Å². The molecular formula is C20H14FNO2. The third kappa shape index (κ3) is 1.67. The first-order chi connectivity index (χ1) is 11.4. The lowest BCUT2D eigenvalue weighted by atomic mass is 9.68. The topological polar surface area (TPSA) is 61.1 Å². The third-order valence-corrected chi connectivity index (χ3v) is 5.19. The lowest BCUT2D eigenvalue weighted by molar-refractivity contribution is 0.105. The Kier molecular flexibility index (Phi) is 2.77. The monoisotopic (exact) mass is 319 g/mol. The van der Waals surface area contributed by atoms with Crippen molar-refractivity contribution in [1.29, 1.82) is 5.26 Å². The lowest BCUT2D eigenvalue weighted by Gasteiger charge is -2.34. The molecule has 0 unspecified atom stereocenters. The molecule has 0 heterocycles. The number of ketones is 1. The van der Waals surface area contributed by atoms with Crippen LogP contribution in [0.25, 0.3) is 5.57 Å². The molecule has 24 heavy (non-hydrogen) atoms. The van der Waals surface area contributed by atoms with Gasteiger partial charge in [0.25, 0.3) is 0 Å². The van der Waals surface area contributed by atoms with Crippen LogP contribution < -0.4 is 0 Å². The number of rotatable bonds is 0. The molecule has 2 aromatic carbocycles. The number of phenols is 1.